The quantitative estimate of drug-likeness (QED) is 0.776. The number of rotatable bonds is 2. The first kappa shape index (κ1) is 11.5. The van der Waals surface area contributed by atoms with E-state index in [4.69, 9.17) is 10.00 Å². The Kier molecular flexibility index (Phi) is 3.29. The molecule has 17 heavy (non-hydrogen) atoms. The number of nitriles is 1. The van der Waals surface area contributed by atoms with Gasteiger partial charge in [0.25, 0.3) is 0 Å². The third-order valence-corrected chi connectivity index (χ3v) is 2.99. The van der Waals surface area contributed by atoms with Crippen molar-refractivity contribution in [1.29, 1.82) is 5.26 Å². The maximum absolute atomic E-state index is 11.2. The number of carbonyl (C=O) groups excluding carboxylic acids is 1. The van der Waals surface area contributed by atoms with Crippen LogP contribution in [-0.4, -0.2) is 26.0 Å². The summed E-state index contributed by atoms with van der Waals surface area (Å²) in [5.74, 6) is 0.906. The molecule has 0 N–H and O–H groups in total. The van der Waals surface area contributed by atoms with Crippen LogP contribution < -0.4 is 9.64 Å². The lowest BCUT2D eigenvalue weighted by atomic mass is 10.1. The summed E-state index contributed by atoms with van der Waals surface area (Å²) in [7, 11) is 1.56. The number of ether oxygens (including phenoxy) is 1. The van der Waals surface area contributed by atoms with Crippen LogP contribution in [0.25, 0.3) is 0 Å². The number of methoxy groups -OCH3 is 1. The van der Waals surface area contributed by atoms with Crippen molar-refractivity contribution in [3.8, 4) is 11.8 Å². The van der Waals surface area contributed by atoms with Gasteiger partial charge in [0.15, 0.2) is 0 Å². The van der Waals surface area contributed by atoms with Gasteiger partial charge in [-0.25, -0.2) is 0 Å². The van der Waals surface area contributed by atoms with Crippen LogP contribution in [0, 0.1) is 11.3 Å². The van der Waals surface area contributed by atoms with E-state index >= 15 is 0 Å². The zero-order valence-electron chi connectivity index (χ0n) is 9.77. The third kappa shape index (κ3) is 2.39. The minimum atomic E-state index is 0.321. The lowest BCUT2D eigenvalue weighted by Crippen LogP contribution is -2.33. The Labute approximate surface area is 100 Å². The van der Waals surface area contributed by atoms with Crippen molar-refractivity contribution in [1.82, 2.24) is 0 Å². The molecule has 2 rings (SSSR count). The number of carbonyl (C=O) groups is 1. The van der Waals surface area contributed by atoms with Crippen LogP contribution in [0.5, 0.6) is 5.75 Å². The Hall–Kier alpha value is -2.02. The molecule has 1 aliphatic rings. The van der Waals surface area contributed by atoms with E-state index in [-0.39, 0.29) is 0 Å². The van der Waals surface area contributed by atoms with E-state index in [9.17, 15) is 4.79 Å². The number of ketones is 1. The van der Waals surface area contributed by atoms with Gasteiger partial charge in [-0.3, -0.25) is 4.79 Å². The number of nitrogens with zero attached hydrogens (tertiary/aromatic N) is 2. The van der Waals surface area contributed by atoms with Gasteiger partial charge in [0.2, 0.25) is 0 Å². The van der Waals surface area contributed by atoms with E-state index in [0.717, 1.165) is 18.8 Å². The summed E-state index contributed by atoms with van der Waals surface area (Å²) >= 11 is 0. The van der Waals surface area contributed by atoms with Gasteiger partial charge >= 0.3 is 0 Å². The highest BCUT2D eigenvalue weighted by atomic mass is 16.5. The highest BCUT2D eigenvalue weighted by molar-refractivity contribution is 5.81. The number of hydrogen-bond acceptors (Lipinski definition) is 4. The van der Waals surface area contributed by atoms with E-state index in [2.05, 4.69) is 11.0 Å². The number of hydrogen-bond donors (Lipinski definition) is 0. The summed E-state index contributed by atoms with van der Waals surface area (Å²) in [6.45, 7) is 1.49. The van der Waals surface area contributed by atoms with Gasteiger partial charge < -0.3 is 9.64 Å². The number of benzene rings is 1. The van der Waals surface area contributed by atoms with Crippen molar-refractivity contribution in [2.24, 2.45) is 0 Å². The highest BCUT2D eigenvalue weighted by Crippen LogP contribution is 2.26. The minimum absolute atomic E-state index is 0.321. The smallest absolute Gasteiger partial charge is 0.138 e. The molecule has 0 aliphatic carbocycles. The predicted molar refractivity (Wildman–Crippen MR) is 64.2 cm³/mol. The number of piperidine rings is 1. The fraction of sp³-hybridized carbons (Fsp3) is 0.385. The van der Waals surface area contributed by atoms with Crippen molar-refractivity contribution >= 4 is 11.5 Å². The first-order valence-corrected chi connectivity index (χ1v) is 5.59. The lowest BCUT2D eigenvalue weighted by molar-refractivity contribution is -0.119. The highest BCUT2D eigenvalue weighted by Gasteiger charge is 2.17. The molecule has 0 unspecified atom stereocenters. The minimum Gasteiger partial charge on any atom is -0.495 e. The van der Waals surface area contributed by atoms with Crippen molar-refractivity contribution in [2.75, 3.05) is 25.1 Å². The summed E-state index contributed by atoms with van der Waals surface area (Å²) < 4.78 is 5.17. The molecule has 0 aromatic heterocycles. The van der Waals surface area contributed by atoms with Crippen molar-refractivity contribution in [3.05, 3.63) is 23.8 Å². The van der Waals surface area contributed by atoms with Gasteiger partial charge in [0.05, 0.1) is 12.7 Å². The molecular weight excluding hydrogens is 216 g/mol. The standard InChI is InChI=1S/C13H14N2O2/c1-17-13-8-11(3-2-10(13)9-14)15-6-4-12(16)5-7-15/h2-3,8H,4-7H2,1H3. The van der Waals surface area contributed by atoms with Crippen LogP contribution in [0.2, 0.25) is 0 Å². The zero-order valence-corrected chi connectivity index (χ0v) is 9.77. The molecule has 4 nitrogen and oxygen atoms in total. The van der Waals surface area contributed by atoms with Gasteiger partial charge in [0.1, 0.15) is 17.6 Å². The average molecular weight is 230 g/mol. The van der Waals surface area contributed by atoms with Crippen molar-refractivity contribution in [3.63, 3.8) is 0 Å². The molecule has 1 aromatic rings. The Morgan fingerprint density at radius 3 is 2.65 bits per heavy atom. The van der Waals surface area contributed by atoms with Crippen LogP contribution in [0.15, 0.2) is 18.2 Å². The topological polar surface area (TPSA) is 53.3 Å². The molecule has 0 amide bonds. The summed E-state index contributed by atoms with van der Waals surface area (Å²) in [5, 5.41) is 8.90. The van der Waals surface area contributed by atoms with Gasteiger partial charge in [-0.15, -0.1) is 0 Å². The molecule has 4 heteroatoms. The molecule has 1 fully saturated rings. The molecule has 88 valence electrons. The normalized spacial score (nSPS) is 15.5. The van der Waals surface area contributed by atoms with E-state index in [1.807, 2.05) is 12.1 Å². The Bertz CT molecular complexity index is 467. The average Bonchev–Trinajstić information content (AvgIpc) is 2.39. The first-order chi connectivity index (χ1) is 8.24. The molecule has 1 aliphatic heterocycles. The van der Waals surface area contributed by atoms with Crippen LogP contribution in [0.4, 0.5) is 5.69 Å². The maximum atomic E-state index is 11.2. The molecule has 0 spiro atoms. The second kappa shape index (κ2) is 4.88. The first-order valence-electron chi connectivity index (χ1n) is 5.59. The van der Waals surface area contributed by atoms with E-state index in [1.165, 1.54) is 0 Å². The molecule has 0 radical (unpaired) electrons. The maximum Gasteiger partial charge on any atom is 0.138 e. The Balaban J connectivity index is 2.22. The van der Waals surface area contributed by atoms with Crippen LogP contribution >= 0.6 is 0 Å². The molecular formula is C13H14N2O2. The second-order valence-corrected chi connectivity index (χ2v) is 4.02. The molecule has 1 saturated heterocycles. The van der Waals surface area contributed by atoms with Crippen molar-refractivity contribution in [2.45, 2.75) is 12.8 Å². The summed E-state index contributed by atoms with van der Waals surface area (Å²) in [5.41, 5.74) is 1.54. The lowest BCUT2D eigenvalue weighted by Gasteiger charge is -2.28. The second-order valence-electron chi connectivity index (χ2n) is 4.02. The Morgan fingerprint density at radius 2 is 2.06 bits per heavy atom. The summed E-state index contributed by atoms with van der Waals surface area (Å²) in [6, 6.07) is 7.60. The van der Waals surface area contributed by atoms with Crippen LogP contribution in [-0.2, 0) is 4.79 Å². The third-order valence-electron chi connectivity index (χ3n) is 2.99. The fourth-order valence-electron chi connectivity index (χ4n) is 1.98. The molecule has 0 bridgehead atoms. The van der Waals surface area contributed by atoms with Gasteiger partial charge in [0, 0.05) is 37.7 Å². The monoisotopic (exact) mass is 230 g/mol. The SMILES string of the molecule is COc1cc(N2CCC(=O)CC2)ccc1C#N. The van der Waals surface area contributed by atoms with Crippen LogP contribution in [0.3, 0.4) is 0 Å². The van der Waals surface area contributed by atoms with Gasteiger partial charge in [-0.2, -0.15) is 5.26 Å². The van der Waals surface area contributed by atoms with Crippen molar-refractivity contribution < 1.29 is 9.53 Å². The summed E-state index contributed by atoms with van der Waals surface area (Å²) in [6.07, 6.45) is 1.20. The van der Waals surface area contributed by atoms with Gasteiger partial charge in [-0.05, 0) is 12.1 Å². The van der Waals surface area contributed by atoms with Gasteiger partial charge in [-0.1, -0.05) is 0 Å². The van der Waals surface area contributed by atoms with Crippen LogP contribution in [0.1, 0.15) is 18.4 Å². The number of Topliss-reactive ketones (excluding diaryl/α,β-unsaturated/α-hetero) is 1. The predicted octanol–water partition coefficient (Wildman–Crippen LogP) is 1.74. The number of anilines is 1. The zero-order chi connectivity index (χ0) is 12.3. The molecule has 1 aromatic carbocycles. The van der Waals surface area contributed by atoms with E-state index in [0.29, 0.717) is 29.9 Å². The van der Waals surface area contributed by atoms with E-state index < -0.39 is 0 Å². The van der Waals surface area contributed by atoms with E-state index in [1.54, 1.807) is 13.2 Å². The summed E-state index contributed by atoms with van der Waals surface area (Å²) in [4.78, 5) is 13.3. The largest absolute Gasteiger partial charge is 0.495 e. The molecule has 0 atom stereocenters. The molecule has 1 heterocycles. The Morgan fingerprint density at radius 1 is 1.35 bits per heavy atom. The molecule has 0 saturated carbocycles. The fourth-order valence-corrected chi connectivity index (χ4v) is 1.98.